The Bertz CT molecular complexity index is 590. The molecule has 1 aromatic rings. The smallest absolute Gasteiger partial charge is 0.240 e. The van der Waals surface area contributed by atoms with Crippen molar-refractivity contribution < 1.29 is 13.2 Å². The predicted octanol–water partition coefficient (Wildman–Crippen LogP) is 0.363. The van der Waals surface area contributed by atoms with Crippen LogP contribution in [-0.2, 0) is 14.8 Å². The summed E-state index contributed by atoms with van der Waals surface area (Å²) in [6, 6.07) is 7.69. The van der Waals surface area contributed by atoms with Gasteiger partial charge in [0.25, 0.3) is 0 Å². The van der Waals surface area contributed by atoms with Crippen molar-refractivity contribution in [2.24, 2.45) is 0 Å². The van der Waals surface area contributed by atoms with E-state index in [0.29, 0.717) is 18.5 Å². The number of nitriles is 1. The number of carbonyl (C=O) groups is 1. The van der Waals surface area contributed by atoms with E-state index in [4.69, 9.17) is 5.26 Å². The summed E-state index contributed by atoms with van der Waals surface area (Å²) in [4.78, 5) is 10.7. The SMILES string of the molecule is CC(=O)NCCCNS(=O)(=O)c1cccc(C#N)c1. The van der Waals surface area contributed by atoms with Crippen molar-refractivity contribution >= 4 is 15.9 Å². The third kappa shape index (κ3) is 5.07. The van der Waals surface area contributed by atoms with Crippen LogP contribution in [0.4, 0.5) is 0 Å². The van der Waals surface area contributed by atoms with Gasteiger partial charge in [0.05, 0.1) is 16.5 Å². The van der Waals surface area contributed by atoms with Crippen molar-refractivity contribution in [2.75, 3.05) is 13.1 Å². The fraction of sp³-hybridized carbons (Fsp3) is 0.333. The number of sulfonamides is 1. The Kier molecular flexibility index (Phi) is 5.48. The van der Waals surface area contributed by atoms with E-state index in [1.54, 1.807) is 0 Å². The molecule has 0 heterocycles. The quantitative estimate of drug-likeness (QED) is 0.735. The third-order valence-corrected chi connectivity index (χ3v) is 3.75. The number of rotatable bonds is 6. The van der Waals surface area contributed by atoms with Crippen molar-refractivity contribution in [3.63, 3.8) is 0 Å². The van der Waals surface area contributed by atoms with Crippen LogP contribution in [0.5, 0.6) is 0 Å². The molecule has 0 bridgehead atoms. The van der Waals surface area contributed by atoms with Crippen LogP contribution in [-0.4, -0.2) is 27.4 Å². The van der Waals surface area contributed by atoms with Gasteiger partial charge in [0.2, 0.25) is 15.9 Å². The Balaban J connectivity index is 2.56. The van der Waals surface area contributed by atoms with Gasteiger partial charge in [-0.25, -0.2) is 13.1 Å². The number of hydrogen-bond acceptors (Lipinski definition) is 4. The normalized spacial score (nSPS) is 10.7. The Hall–Kier alpha value is -1.91. The standard InChI is InChI=1S/C12H15N3O3S/c1-10(16)14-6-3-7-15-19(17,18)12-5-2-4-11(8-12)9-13/h2,4-5,8,15H,3,6-7H2,1H3,(H,14,16). The fourth-order valence-corrected chi connectivity index (χ4v) is 2.50. The van der Waals surface area contributed by atoms with E-state index >= 15 is 0 Å². The Labute approximate surface area is 112 Å². The zero-order valence-corrected chi connectivity index (χ0v) is 11.3. The minimum absolute atomic E-state index is 0.0612. The zero-order valence-electron chi connectivity index (χ0n) is 10.5. The highest BCUT2D eigenvalue weighted by molar-refractivity contribution is 7.89. The van der Waals surface area contributed by atoms with E-state index in [9.17, 15) is 13.2 Å². The number of benzene rings is 1. The molecule has 7 heteroatoms. The average Bonchev–Trinajstić information content (AvgIpc) is 2.38. The summed E-state index contributed by atoms with van der Waals surface area (Å²) in [5.41, 5.74) is 0.293. The van der Waals surface area contributed by atoms with Gasteiger partial charge in [-0.3, -0.25) is 4.79 Å². The van der Waals surface area contributed by atoms with Crippen LogP contribution >= 0.6 is 0 Å². The fourth-order valence-electron chi connectivity index (χ4n) is 1.38. The molecule has 0 aliphatic carbocycles. The van der Waals surface area contributed by atoms with Crippen molar-refractivity contribution in [1.82, 2.24) is 10.0 Å². The molecular formula is C12H15N3O3S. The van der Waals surface area contributed by atoms with Crippen LogP contribution in [0.25, 0.3) is 0 Å². The molecule has 0 fully saturated rings. The van der Waals surface area contributed by atoms with Crippen LogP contribution < -0.4 is 10.0 Å². The van der Waals surface area contributed by atoms with E-state index in [2.05, 4.69) is 10.0 Å². The summed E-state index contributed by atoms with van der Waals surface area (Å²) in [6.07, 6.45) is 0.497. The van der Waals surface area contributed by atoms with Gasteiger partial charge in [0.15, 0.2) is 0 Å². The predicted molar refractivity (Wildman–Crippen MR) is 69.6 cm³/mol. The van der Waals surface area contributed by atoms with Gasteiger partial charge in [0, 0.05) is 20.0 Å². The summed E-state index contributed by atoms with van der Waals surface area (Å²) >= 11 is 0. The van der Waals surface area contributed by atoms with Crippen LogP contribution in [0.1, 0.15) is 18.9 Å². The summed E-state index contributed by atoms with van der Waals surface area (Å²) in [6.45, 7) is 2.03. The highest BCUT2D eigenvalue weighted by atomic mass is 32.2. The van der Waals surface area contributed by atoms with Crippen molar-refractivity contribution in [1.29, 1.82) is 5.26 Å². The topological polar surface area (TPSA) is 99.1 Å². The maximum absolute atomic E-state index is 11.9. The number of amides is 1. The molecule has 0 aliphatic heterocycles. The molecule has 2 N–H and O–H groups in total. The summed E-state index contributed by atoms with van der Waals surface area (Å²) < 4.78 is 26.2. The van der Waals surface area contributed by atoms with Crippen LogP contribution in [0, 0.1) is 11.3 Å². The van der Waals surface area contributed by atoms with Crippen LogP contribution in [0.2, 0.25) is 0 Å². The molecule has 0 atom stereocenters. The van der Waals surface area contributed by atoms with Crippen molar-refractivity contribution in [3.8, 4) is 6.07 Å². The van der Waals surface area contributed by atoms with E-state index < -0.39 is 10.0 Å². The maximum atomic E-state index is 11.9. The van der Waals surface area contributed by atoms with Gasteiger partial charge in [-0.15, -0.1) is 0 Å². The monoisotopic (exact) mass is 281 g/mol. The molecule has 0 aliphatic rings. The molecule has 19 heavy (non-hydrogen) atoms. The van der Waals surface area contributed by atoms with Gasteiger partial charge in [-0.2, -0.15) is 5.26 Å². The molecule has 0 saturated heterocycles. The van der Waals surface area contributed by atoms with Crippen LogP contribution in [0.15, 0.2) is 29.2 Å². The summed E-state index contributed by atoms with van der Waals surface area (Å²) in [7, 11) is -3.61. The Morgan fingerprint density at radius 2 is 2.11 bits per heavy atom. The molecule has 1 rings (SSSR count). The first kappa shape index (κ1) is 15.1. The lowest BCUT2D eigenvalue weighted by Crippen LogP contribution is -2.28. The molecule has 102 valence electrons. The van der Waals surface area contributed by atoms with Crippen LogP contribution in [0.3, 0.4) is 0 Å². The minimum atomic E-state index is -3.61. The van der Waals surface area contributed by atoms with Gasteiger partial charge in [-0.05, 0) is 24.6 Å². The zero-order chi connectivity index (χ0) is 14.3. The average molecular weight is 281 g/mol. The van der Waals surface area contributed by atoms with Gasteiger partial charge < -0.3 is 5.32 Å². The van der Waals surface area contributed by atoms with E-state index in [0.717, 1.165) is 0 Å². The first-order valence-corrected chi connectivity index (χ1v) is 7.18. The number of nitrogens with zero attached hydrogens (tertiary/aromatic N) is 1. The molecule has 6 nitrogen and oxygen atoms in total. The van der Waals surface area contributed by atoms with Crippen molar-refractivity contribution in [3.05, 3.63) is 29.8 Å². The second-order valence-corrected chi connectivity index (χ2v) is 5.64. The van der Waals surface area contributed by atoms with Gasteiger partial charge in [-0.1, -0.05) is 6.07 Å². The van der Waals surface area contributed by atoms with E-state index in [-0.39, 0.29) is 17.3 Å². The molecule has 0 aromatic heterocycles. The Morgan fingerprint density at radius 3 is 2.74 bits per heavy atom. The number of carbonyl (C=O) groups excluding carboxylic acids is 1. The molecule has 0 saturated carbocycles. The number of nitrogens with one attached hydrogen (secondary N) is 2. The minimum Gasteiger partial charge on any atom is -0.356 e. The lowest BCUT2D eigenvalue weighted by atomic mass is 10.2. The largest absolute Gasteiger partial charge is 0.356 e. The van der Waals surface area contributed by atoms with E-state index in [1.165, 1.54) is 31.2 Å². The molecule has 1 aromatic carbocycles. The van der Waals surface area contributed by atoms with Gasteiger partial charge in [0.1, 0.15) is 0 Å². The van der Waals surface area contributed by atoms with Crippen molar-refractivity contribution in [2.45, 2.75) is 18.2 Å². The lowest BCUT2D eigenvalue weighted by Gasteiger charge is -2.07. The molecule has 0 spiro atoms. The Morgan fingerprint density at radius 1 is 1.37 bits per heavy atom. The lowest BCUT2D eigenvalue weighted by molar-refractivity contribution is -0.118. The van der Waals surface area contributed by atoms with Gasteiger partial charge >= 0.3 is 0 Å². The third-order valence-electron chi connectivity index (χ3n) is 2.29. The molecule has 1 amide bonds. The maximum Gasteiger partial charge on any atom is 0.240 e. The highest BCUT2D eigenvalue weighted by Gasteiger charge is 2.13. The summed E-state index contributed by atoms with van der Waals surface area (Å²) in [5, 5.41) is 11.3. The molecule has 0 unspecified atom stereocenters. The second kappa shape index (κ2) is 6.87. The summed E-state index contributed by atoms with van der Waals surface area (Å²) in [5.74, 6) is -0.149. The first-order valence-electron chi connectivity index (χ1n) is 5.70. The van der Waals surface area contributed by atoms with E-state index in [1.807, 2.05) is 6.07 Å². The molecule has 0 radical (unpaired) electrons. The number of hydrogen-bond donors (Lipinski definition) is 2. The first-order chi connectivity index (χ1) is 8.95. The second-order valence-electron chi connectivity index (χ2n) is 3.87. The highest BCUT2D eigenvalue weighted by Crippen LogP contribution is 2.10. The molecular weight excluding hydrogens is 266 g/mol.